The van der Waals surface area contributed by atoms with Crippen LogP contribution in [-0.2, 0) is 14.3 Å². The normalized spacial score (nSPS) is 19.0. The minimum atomic E-state index is -4.73. The number of hydrogen-bond donors (Lipinski definition) is 2. The standard InChI is InChI=1S/C27H40F3N3O4/c1-2-22(19-31-23-9-11-24(12-10-23)37-27(28,29)30)32-26(35)21(17-20-7-4-3-5-8-20)18-25(34)33-13-6-15-36-16-14-33/h9-12,20-22,31H,2-8,13-19H2,1H3,(H,32,35)/t21?,22-/m0/s1. The van der Waals surface area contributed by atoms with Crippen LogP contribution < -0.4 is 15.4 Å². The molecule has 1 aliphatic carbocycles. The molecular formula is C27H40F3N3O4. The first-order valence-electron chi connectivity index (χ1n) is 13.5. The largest absolute Gasteiger partial charge is 0.573 e. The highest BCUT2D eigenvalue weighted by Gasteiger charge is 2.31. The number of halogens is 3. The van der Waals surface area contributed by atoms with Crippen molar-refractivity contribution in [1.82, 2.24) is 10.2 Å². The van der Waals surface area contributed by atoms with E-state index in [1.807, 2.05) is 11.8 Å². The summed E-state index contributed by atoms with van der Waals surface area (Å²) in [6.45, 7) is 4.77. The quantitative estimate of drug-likeness (QED) is 0.418. The minimum absolute atomic E-state index is 0.00815. The van der Waals surface area contributed by atoms with Crippen LogP contribution in [0.15, 0.2) is 24.3 Å². The van der Waals surface area contributed by atoms with Gasteiger partial charge in [0.2, 0.25) is 11.8 Å². The molecule has 1 aromatic rings. The number of carbonyl (C=O) groups is 2. The molecule has 3 rings (SSSR count). The third kappa shape index (κ3) is 10.4. The van der Waals surface area contributed by atoms with E-state index in [1.165, 1.54) is 43.5 Å². The molecule has 37 heavy (non-hydrogen) atoms. The van der Waals surface area contributed by atoms with Gasteiger partial charge in [0.15, 0.2) is 0 Å². The third-order valence-electron chi connectivity index (χ3n) is 7.19. The van der Waals surface area contributed by atoms with Crippen LogP contribution in [0.25, 0.3) is 0 Å². The van der Waals surface area contributed by atoms with Crippen molar-refractivity contribution in [3.8, 4) is 5.75 Å². The second kappa shape index (κ2) is 14.4. The number of alkyl halides is 3. The SMILES string of the molecule is CC[C@@H](CNc1ccc(OC(F)(F)F)cc1)NC(=O)C(CC(=O)N1CCCOCC1)CC1CCCCC1. The van der Waals surface area contributed by atoms with Crippen LogP contribution in [0, 0.1) is 11.8 Å². The lowest BCUT2D eigenvalue weighted by Gasteiger charge is -2.29. The molecule has 7 nitrogen and oxygen atoms in total. The number of rotatable bonds is 11. The van der Waals surface area contributed by atoms with Gasteiger partial charge in [-0.05, 0) is 49.4 Å². The lowest BCUT2D eigenvalue weighted by molar-refractivity contribution is -0.274. The lowest BCUT2D eigenvalue weighted by atomic mass is 9.81. The Morgan fingerprint density at radius 1 is 1.08 bits per heavy atom. The molecule has 208 valence electrons. The first kappa shape index (κ1) is 29.1. The van der Waals surface area contributed by atoms with E-state index in [0.717, 1.165) is 19.3 Å². The Morgan fingerprint density at radius 2 is 1.81 bits per heavy atom. The third-order valence-corrected chi connectivity index (χ3v) is 7.19. The number of nitrogens with one attached hydrogen (secondary N) is 2. The molecule has 2 fully saturated rings. The Hall–Kier alpha value is -2.49. The van der Waals surface area contributed by atoms with Gasteiger partial charge in [-0.2, -0.15) is 0 Å². The van der Waals surface area contributed by atoms with Gasteiger partial charge in [0.25, 0.3) is 0 Å². The highest BCUT2D eigenvalue weighted by Crippen LogP contribution is 2.31. The topological polar surface area (TPSA) is 79.9 Å². The summed E-state index contributed by atoms with van der Waals surface area (Å²) in [5.41, 5.74) is 0.625. The van der Waals surface area contributed by atoms with Crippen molar-refractivity contribution in [2.24, 2.45) is 11.8 Å². The fourth-order valence-electron chi connectivity index (χ4n) is 5.08. The molecule has 10 heteroatoms. The summed E-state index contributed by atoms with van der Waals surface area (Å²) in [5.74, 6) is -0.307. The Kier molecular flexibility index (Phi) is 11.4. The maximum absolute atomic E-state index is 13.4. The Labute approximate surface area is 217 Å². The molecule has 1 saturated heterocycles. The Balaban J connectivity index is 1.57. The van der Waals surface area contributed by atoms with Gasteiger partial charge in [0.05, 0.1) is 6.61 Å². The zero-order valence-corrected chi connectivity index (χ0v) is 21.7. The van der Waals surface area contributed by atoms with Crippen molar-refractivity contribution in [3.05, 3.63) is 24.3 Å². The van der Waals surface area contributed by atoms with Crippen LogP contribution in [0.3, 0.4) is 0 Å². The highest BCUT2D eigenvalue weighted by molar-refractivity contribution is 5.86. The zero-order valence-electron chi connectivity index (χ0n) is 21.7. The van der Waals surface area contributed by atoms with Gasteiger partial charge in [0, 0.05) is 50.3 Å². The summed E-state index contributed by atoms with van der Waals surface area (Å²) in [6.07, 6.45) is 3.43. The fourth-order valence-corrected chi connectivity index (χ4v) is 5.08. The summed E-state index contributed by atoms with van der Waals surface area (Å²) >= 11 is 0. The van der Waals surface area contributed by atoms with Gasteiger partial charge >= 0.3 is 6.36 Å². The van der Waals surface area contributed by atoms with Gasteiger partial charge in [-0.15, -0.1) is 13.2 Å². The van der Waals surface area contributed by atoms with E-state index >= 15 is 0 Å². The predicted octanol–water partition coefficient (Wildman–Crippen LogP) is 5.12. The van der Waals surface area contributed by atoms with Crippen molar-refractivity contribution in [1.29, 1.82) is 0 Å². The Bertz CT molecular complexity index is 836. The van der Waals surface area contributed by atoms with Gasteiger partial charge in [-0.3, -0.25) is 9.59 Å². The van der Waals surface area contributed by atoms with Gasteiger partial charge in [0.1, 0.15) is 5.75 Å². The average Bonchev–Trinajstić information content (AvgIpc) is 3.16. The molecule has 2 N–H and O–H groups in total. The van der Waals surface area contributed by atoms with Crippen molar-refractivity contribution < 1.29 is 32.2 Å². The van der Waals surface area contributed by atoms with E-state index in [-0.39, 0.29) is 35.9 Å². The number of hydrogen-bond acceptors (Lipinski definition) is 5. The molecule has 2 aliphatic rings. The zero-order chi connectivity index (χ0) is 26.7. The van der Waals surface area contributed by atoms with Crippen LogP contribution >= 0.6 is 0 Å². The minimum Gasteiger partial charge on any atom is -0.406 e. The Morgan fingerprint density at radius 3 is 2.49 bits per heavy atom. The van der Waals surface area contributed by atoms with E-state index in [9.17, 15) is 22.8 Å². The number of benzene rings is 1. The van der Waals surface area contributed by atoms with Crippen molar-refractivity contribution in [2.75, 3.05) is 38.2 Å². The van der Waals surface area contributed by atoms with E-state index in [1.54, 1.807) is 0 Å². The fraction of sp³-hybridized carbons (Fsp3) is 0.704. The summed E-state index contributed by atoms with van der Waals surface area (Å²) < 4.78 is 46.5. The highest BCUT2D eigenvalue weighted by atomic mass is 19.4. The molecule has 0 radical (unpaired) electrons. The molecule has 1 saturated carbocycles. The maximum Gasteiger partial charge on any atom is 0.573 e. The van der Waals surface area contributed by atoms with Crippen LogP contribution in [0.2, 0.25) is 0 Å². The first-order chi connectivity index (χ1) is 17.7. The van der Waals surface area contributed by atoms with E-state index in [4.69, 9.17) is 4.74 Å². The molecular weight excluding hydrogens is 487 g/mol. The molecule has 0 bridgehead atoms. The number of amides is 2. The predicted molar refractivity (Wildman–Crippen MR) is 135 cm³/mol. The number of carbonyl (C=O) groups excluding carboxylic acids is 2. The van der Waals surface area contributed by atoms with Gasteiger partial charge in [-0.1, -0.05) is 39.0 Å². The van der Waals surface area contributed by atoms with Crippen LogP contribution in [0.4, 0.5) is 18.9 Å². The number of nitrogens with zero attached hydrogens (tertiary/aromatic N) is 1. The van der Waals surface area contributed by atoms with E-state index in [0.29, 0.717) is 57.3 Å². The second-order valence-corrected chi connectivity index (χ2v) is 10.1. The first-order valence-corrected chi connectivity index (χ1v) is 13.5. The molecule has 1 aliphatic heterocycles. The van der Waals surface area contributed by atoms with Gasteiger partial charge < -0.3 is 25.0 Å². The van der Waals surface area contributed by atoms with Crippen molar-refractivity contribution in [3.63, 3.8) is 0 Å². The second-order valence-electron chi connectivity index (χ2n) is 10.1. The average molecular weight is 528 g/mol. The number of ether oxygens (including phenoxy) is 2. The monoisotopic (exact) mass is 527 g/mol. The summed E-state index contributed by atoms with van der Waals surface area (Å²) in [4.78, 5) is 28.3. The molecule has 0 spiro atoms. The summed E-state index contributed by atoms with van der Waals surface area (Å²) in [5, 5.41) is 6.29. The lowest BCUT2D eigenvalue weighted by Crippen LogP contribution is -2.44. The molecule has 1 heterocycles. The van der Waals surface area contributed by atoms with Crippen molar-refractivity contribution in [2.45, 2.75) is 77.1 Å². The summed E-state index contributed by atoms with van der Waals surface area (Å²) in [7, 11) is 0. The van der Waals surface area contributed by atoms with Crippen LogP contribution in [0.5, 0.6) is 5.75 Å². The van der Waals surface area contributed by atoms with E-state index in [2.05, 4.69) is 15.4 Å². The van der Waals surface area contributed by atoms with Crippen molar-refractivity contribution >= 4 is 17.5 Å². The molecule has 0 aromatic heterocycles. The smallest absolute Gasteiger partial charge is 0.406 e. The van der Waals surface area contributed by atoms with Crippen LogP contribution in [-0.4, -0.2) is 62.0 Å². The molecule has 2 amide bonds. The molecule has 1 unspecified atom stereocenters. The molecule has 1 aromatic carbocycles. The number of anilines is 1. The van der Waals surface area contributed by atoms with E-state index < -0.39 is 6.36 Å². The van der Waals surface area contributed by atoms with Gasteiger partial charge in [-0.25, -0.2) is 0 Å². The summed E-state index contributed by atoms with van der Waals surface area (Å²) in [6, 6.07) is 5.31. The van der Waals surface area contributed by atoms with Crippen LogP contribution in [0.1, 0.15) is 64.7 Å². The molecule has 2 atom stereocenters. The maximum atomic E-state index is 13.4.